The lowest BCUT2D eigenvalue weighted by Crippen LogP contribution is -2.49. The van der Waals surface area contributed by atoms with Gasteiger partial charge in [-0.1, -0.05) is 32.0 Å². The molecule has 1 heterocycles. The van der Waals surface area contributed by atoms with Crippen LogP contribution < -0.4 is 15.0 Å². The van der Waals surface area contributed by atoms with Crippen LogP contribution in [0, 0.1) is 11.7 Å². The average Bonchev–Trinajstić information content (AvgIpc) is 2.71. The van der Waals surface area contributed by atoms with Crippen molar-refractivity contribution >= 4 is 23.3 Å². The third-order valence-electron chi connectivity index (χ3n) is 4.89. The Morgan fingerprint density at radius 3 is 2.66 bits per heavy atom. The van der Waals surface area contributed by atoms with Crippen LogP contribution in [0.1, 0.15) is 25.8 Å². The van der Waals surface area contributed by atoms with E-state index in [1.165, 1.54) is 13.2 Å². The summed E-state index contributed by atoms with van der Waals surface area (Å²) in [5, 5.41) is 2.85. The lowest BCUT2D eigenvalue weighted by molar-refractivity contribution is -0.118. The molecule has 0 spiro atoms. The zero-order valence-corrected chi connectivity index (χ0v) is 16.9. The van der Waals surface area contributed by atoms with Gasteiger partial charge in [-0.15, -0.1) is 0 Å². The Bertz CT molecular complexity index is 901. The van der Waals surface area contributed by atoms with Gasteiger partial charge in [0.1, 0.15) is 11.6 Å². The summed E-state index contributed by atoms with van der Waals surface area (Å²) in [6, 6.07) is 11.5. The molecule has 6 nitrogen and oxygen atoms in total. The molecule has 7 heteroatoms. The molecule has 3 rings (SSSR count). The van der Waals surface area contributed by atoms with Crippen molar-refractivity contribution in [1.82, 2.24) is 4.90 Å². The molecule has 154 valence electrons. The molecule has 0 aliphatic carbocycles. The highest BCUT2D eigenvalue weighted by Gasteiger charge is 2.29. The summed E-state index contributed by atoms with van der Waals surface area (Å²) in [5.41, 5.74) is 1.66. The monoisotopic (exact) mass is 399 g/mol. The lowest BCUT2D eigenvalue weighted by atomic mass is 10.1. The molecule has 1 aliphatic rings. The van der Waals surface area contributed by atoms with Crippen LogP contribution in [-0.4, -0.2) is 37.0 Å². The van der Waals surface area contributed by atoms with E-state index in [0.29, 0.717) is 35.8 Å². The maximum atomic E-state index is 14.0. The molecular formula is C22H26FN3O3. The zero-order chi connectivity index (χ0) is 21.0. The molecule has 1 aliphatic heterocycles. The minimum Gasteiger partial charge on any atom is -0.495 e. The van der Waals surface area contributed by atoms with Crippen LogP contribution in [0.25, 0.3) is 0 Å². The van der Waals surface area contributed by atoms with Crippen LogP contribution in [-0.2, 0) is 11.3 Å². The molecule has 0 unspecified atom stereocenters. The van der Waals surface area contributed by atoms with Crippen molar-refractivity contribution in [3.8, 4) is 5.75 Å². The lowest BCUT2D eigenvalue weighted by Gasteiger charge is -2.36. The molecule has 2 aromatic rings. The van der Waals surface area contributed by atoms with Crippen LogP contribution in [0.2, 0.25) is 0 Å². The summed E-state index contributed by atoms with van der Waals surface area (Å²) in [5.74, 6) is -0.0530. The second-order valence-electron chi connectivity index (χ2n) is 7.33. The van der Waals surface area contributed by atoms with E-state index in [1.54, 1.807) is 46.2 Å². The third-order valence-corrected chi connectivity index (χ3v) is 4.89. The quantitative estimate of drug-likeness (QED) is 0.789. The van der Waals surface area contributed by atoms with Gasteiger partial charge in [-0.2, -0.15) is 0 Å². The number of amides is 3. The molecule has 0 bridgehead atoms. The molecule has 1 saturated heterocycles. The SMILES string of the molecule is COc1ccc(NC(=O)C(C)C)cc1N1CCCN(Cc2ccccc2F)C1=O. The molecule has 1 N–H and O–H groups in total. The van der Waals surface area contributed by atoms with Gasteiger partial charge in [-0.05, 0) is 30.7 Å². The van der Waals surface area contributed by atoms with Gasteiger partial charge in [0.05, 0.1) is 19.3 Å². The van der Waals surface area contributed by atoms with Crippen molar-refractivity contribution in [1.29, 1.82) is 0 Å². The Balaban J connectivity index is 1.85. The third kappa shape index (κ3) is 4.67. The summed E-state index contributed by atoms with van der Waals surface area (Å²) >= 11 is 0. The number of rotatable bonds is 6. The highest BCUT2D eigenvalue weighted by Crippen LogP contribution is 2.34. The fourth-order valence-electron chi connectivity index (χ4n) is 3.25. The maximum Gasteiger partial charge on any atom is 0.324 e. The number of benzene rings is 2. The van der Waals surface area contributed by atoms with E-state index in [2.05, 4.69) is 5.32 Å². The summed E-state index contributed by atoms with van der Waals surface area (Å²) in [4.78, 5) is 28.4. The first-order chi connectivity index (χ1) is 13.9. The van der Waals surface area contributed by atoms with E-state index < -0.39 is 0 Å². The second kappa shape index (κ2) is 8.94. The van der Waals surface area contributed by atoms with Crippen molar-refractivity contribution in [3.05, 3.63) is 53.8 Å². The molecule has 29 heavy (non-hydrogen) atoms. The molecule has 3 amide bonds. The fourth-order valence-corrected chi connectivity index (χ4v) is 3.25. The molecule has 0 aromatic heterocycles. The molecule has 0 atom stereocenters. The number of ether oxygens (including phenoxy) is 1. The number of carbonyl (C=O) groups is 2. The van der Waals surface area contributed by atoms with Gasteiger partial charge in [0.25, 0.3) is 0 Å². The molecule has 2 aromatic carbocycles. The first kappa shape index (κ1) is 20.6. The Hall–Kier alpha value is -3.09. The Morgan fingerprint density at radius 2 is 1.97 bits per heavy atom. The second-order valence-corrected chi connectivity index (χ2v) is 7.33. The van der Waals surface area contributed by atoms with E-state index >= 15 is 0 Å². The van der Waals surface area contributed by atoms with E-state index in [9.17, 15) is 14.0 Å². The van der Waals surface area contributed by atoms with Crippen molar-refractivity contribution in [3.63, 3.8) is 0 Å². The smallest absolute Gasteiger partial charge is 0.324 e. The van der Waals surface area contributed by atoms with Gasteiger partial charge in [-0.3, -0.25) is 9.69 Å². The van der Waals surface area contributed by atoms with Gasteiger partial charge in [0, 0.05) is 30.3 Å². The summed E-state index contributed by atoms with van der Waals surface area (Å²) in [6.45, 7) is 4.90. The zero-order valence-electron chi connectivity index (χ0n) is 16.9. The van der Waals surface area contributed by atoms with Gasteiger partial charge in [0.2, 0.25) is 5.91 Å². The van der Waals surface area contributed by atoms with E-state index in [1.807, 2.05) is 13.8 Å². The maximum absolute atomic E-state index is 14.0. The number of nitrogens with one attached hydrogen (secondary N) is 1. The number of methoxy groups -OCH3 is 1. The molecule has 0 radical (unpaired) electrons. The summed E-state index contributed by atoms with van der Waals surface area (Å²) < 4.78 is 19.5. The molecule has 1 fully saturated rings. The van der Waals surface area contributed by atoms with Gasteiger partial charge in [-0.25, -0.2) is 9.18 Å². The Morgan fingerprint density at radius 1 is 1.21 bits per heavy atom. The number of hydrogen-bond donors (Lipinski definition) is 1. The van der Waals surface area contributed by atoms with E-state index in [4.69, 9.17) is 4.74 Å². The van der Waals surface area contributed by atoms with E-state index in [-0.39, 0.29) is 30.2 Å². The first-order valence-electron chi connectivity index (χ1n) is 9.69. The van der Waals surface area contributed by atoms with Gasteiger partial charge in [0.15, 0.2) is 0 Å². The number of carbonyl (C=O) groups excluding carboxylic acids is 2. The van der Waals surface area contributed by atoms with Crippen molar-refractivity contribution < 1.29 is 18.7 Å². The predicted octanol–water partition coefficient (Wildman–Crippen LogP) is 4.26. The number of urea groups is 1. The largest absolute Gasteiger partial charge is 0.495 e. The first-order valence-corrected chi connectivity index (χ1v) is 9.69. The van der Waals surface area contributed by atoms with Gasteiger partial charge < -0.3 is 15.0 Å². The van der Waals surface area contributed by atoms with E-state index in [0.717, 1.165) is 6.42 Å². The Labute approximate surface area is 170 Å². The highest BCUT2D eigenvalue weighted by atomic mass is 19.1. The van der Waals surface area contributed by atoms with Crippen LogP contribution in [0.5, 0.6) is 5.75 Å². The van der Waals surface area contributed by atoms with Crippen LogP contribution in [0.3, 0.4) is 0 Å². The van der Waals surface area contributed by atoms with Crippen molar-refractivity contribution in [2.24, 2.45) is 5.92 Å². The molecule has 0 saturated carbocycles. The summed E-state index contributed by atoms with van der Waals surface area (Å²) in [6.07, 6.45) is 0.742. The normalized spacial score (nSPS) is 14.3. The minimum absolute atomic E-state index is 0.104. The topological polar surface area (TPSA) is 61.9 Å². The molecular weight excluding hydrogens is 373 g/mol. The average molecular weight is 399 g/mol. The van der Waals surface area contributed by atoms with Crippen molar-refractivity contribution in [2.75, 3.05) is 30.4 Å². The van der Waals surface area contributed by atoms with Crippen LogP contribution in [0.15, 0.2) is 42.5 Å². The number of halogens is 1. The van der Waals surface area contributed by atoms with Crippen LogP contribution in [0.4, 0.5) is 20.6 Å². The fraction of sp³-hybridized carbons (Fsp3) is 0.364. The van der Waals surface area contributed by atoms with Crippen LogP contribution >= 0.6 is 0 Å². The summed E-state index contributed by atoms with van der Waals surface area (Å²) in [7, 11) is 1.54. The predicted molar refractivity (Wildman–Crippen MR) is 111 cm³/mol. The minimum atomic E-state index is -0.326. The number of hydrogen-bond acceptors (Lipinski definition) is 3. The highest BCUT2D eigenvalue weighted by molar-refractivity contribution is 5.97. The Kier molecular flexibility index (Phi) is 6.36. The standard InChI is InChI=1S/C22H26FN3O3/c1-15(2)21(27)24-17-9-10-20(29-3)19(13-17)26-12-6-11-25(22(26)28)14-16-7-4-5-8-18(16)23/h4-5,7-10,13,15H,6,11-12,14H2,1-3H3,(H,24,27). The van der Waals surface area contributed by atoms with Gasteiger partial charge >= 0.3 is 6.03 Å². The number of nitrogens with zero attached hydrogens (tertiary/aromatic N) is 2. The van der Waals surface area contributed by atoms with Crippen molar-refractivity contribution in [2.45, 2.75) is 26.8 Å². The number of anilines is 2.